The summed E-state index contributed by atoms with van der Waals surface area (Å²) in [5.74, 6) is -0.177. The number of nitrogens with zero attached hydrogens (tertiary/aromatic N) is 5. The van der Waals surface area contributed by atoms with Gasteiger partial charge in [-0.3, -0.25) is 9.48 Å². The number of nitrogens with one attached hydrogen (secondary N) is 1. The Morgan fingerprint density at radius 1 is 1.11 bits per heavy atom. The Morgan fingerprint density at radius 3 is 2.75 bits per heavy atom. The third kappa shape index (κ3) is 3.61. The number of fused-ring (bicyclic) bond motifs is 1. The van der Waals surface area contributed by atoms with E-state index in [1.807, 2.05) is 67.1 Å². The standard InChI is InChI=1S/C20H19ClN6O/c1-13-20(14(2)26(24-13)11-15-6-5-7-16(21)10-15)22-19(28)12-27-18-9-4-3-8-17(18)23-25-27/h3-10H,11-12H2,1-2H3,(H,22,28). The largest absolute Gasteiger partial charge is 0.321 e. The number of rotatable bonds is 5. The fourth-order valence-electron chi connectivity index (χ4n) is 3.19. The highest BCUT2D eigenvalue weighted by molar-refractivity contribution is 6.30. The van der Waals surface area contributed by atoms with Crippen molar-refractivity contribution in [2.45, 2.75) is 26.9 Å². The van der Waals surface area contributed by atoms with Gasteiger partial charge in [0.15, 0.2) is 0 Å². The van der Waals surface area contributed by atoms with Gasteiger partial charge in [-0.15, -0.1) is 5.10 Å². The lowest BCUT2D eigenvalue weighted by atomic mass is 10.2. The van der Waals surface area contributed by atoms with Gasteiger partial charge in [0.25, 0.3) is 0 Å². The molecule has 0 atom stereocenters. The maximum atomic E-state index is 12.6. The molecule has 142 valence electrons. The summed E-state index contributed by atoms with van der Waals surface area (Å²) in [6.07, 6.45) is 0. The number of aryl methyl sites for hydroxylation is 1. The van der Waals surface area contributed by atoms with Crippen LogP contribution in [0.5, 0.6) is 0 Å². The summed E-state index contributed by atoms with van der Waals surface area (Å²) in [4.78, 5) is 12.6. The summed E-state index contributed by atoms with van der Waals surface area (Å²) < 4.78 is 3.45. The Morgan fingerprint density at radius 2 is 1.93 bits per heavy atom. The van der Waals surface area contributed by atoms with E-state index in [9.17, 15) is 4.79 Å². The molecule has 7 nitrogen and oxygen atoms in total. The molecule has 28 heavy (non-hydrogen) atoms. The molecule has 0 aliphatic rings. The minimum Gasteiger partial charge on any atom is -0.321 e. The molecule has 4 rings (SSSR count). The summed E-state index contributed by atoms with van der Waals surface area (Å²) in [5, 5.41) is 16.4. The summed E-state index contributed by atoms with van der Waals surface area (Å²) in [6, 6.07) is 15.2. The Labute approximate surface area is 166 Å². The predicted octanol–water partition coefficient (Wildman–Crippen LogP) is 3.59. The third-order valence-electron chi connectivity index (χ3n) is 4.58. The van der Waals surface area contributed by atoms with Crippen LogP contribution in [0.25, 0.3) is 11.0 Å². The SMILES string of the molecule is Cc1nn(Cc2cccc(Cl)c2)c(C)c1NC(=O)Cn1nnc2ccccc21. The molecule has 2 aromatic carbocycles. The molecule has 0 bridgehead atoms. The fourth-order valence-corrected chi connectivity index (χ4v) is 3.40. The Kier molecular flexibility index (Phi) is 4.83. The molecule has 0 aliphatic heterocycles. The van der Waals surface area contributed by atoms with Crippen molar-refractivity contribution < 1.29 is 4.79 Å². The number of anilines is 1. The van der Waals surface area contributed by atoms with E-state index in [1.54, 1.807) is 4.68 Å². The van der Waals surface area contributed by atoms with E-state index >= 15 is 0 Å². The molecule has 0 aliphatic carbocycles. The number of carbonyl (C=O) groups excluding carboxylic acids is 1. The average Bonchev–Trinajstić information content (AvgIpc) is 3.18. The van der Waals surface area contributed by atoms with Crippen LogP contribution in [0.2, 0.25) is 5.02 Å². The molecule has 0 spiro atoms. The second kappa shape index (κ2) is 7.44. The monoisotopic (exact) mass is 394 g/mol. The molecule has 1 N–H and O–H groups in total. The van der Waals surface area contributed by atoms with Gasteiger partial charge in [0.2, 0.25) is 5.91 Å². The van der Waals surface area contributed by atoms with Crippen molar-refractivity contribution in [3.05, 3.63) is 70.5 Å². The van der Waals surface area contributed by atoms with Crippen molar-refractivity contribution >= 4 is 34.2 Å². The van der Waals surface area contributed by atoms with Crippen LogP contribution in [0.15, 0.2) is 48.5 Å². The van der Waals surface area contributed by atoms with Crippen LogP contribution in [0, 0.1) is 13.8 Å². The third-order valence-corrected chi connectivity index (χ3v) is 4.82. The predicted molar refractivity (Wildman–Crippen MR) is 108 cm³/mol. The van der Waals surface area contributed by atoms with Gasteiger partial charge in [-0.25, -0.2) is 4.68 Å². The maximum absolute atomic E-state index is 12.6. The smallest absolute Gasteiger partial charge is 0.246 e. The highest BCUT2D eigenvalue weighted by Crippen LogP contribution is 2.21. The number of hydrogen-bond donors (Lipinski definition) is 1. The van der Waals surface area contributed by atoms with E-state index < -0.39 is 0 Å². The number of benzene rings is 2. The Hall–Kier alpha value is -3.19. The summed E-state index contributed by atoms with van der Waals surface area (Å²) in [5.41, 5.74) is 4.99. The first-order chi connectivity index (χ1) is 13.5. The van der Waals surface area contributed by atoms with Crippen molar-refractivity contribution in [2.75, 3.05) is 5.32 Å². The van der Waals surface area contributed by atoms with Crippen molar-refractivity contribution in [2.24, 2.45) is 0 Å². The van der Waals surface area contributed by atoms with E-state index in [4.69, 9.17) is 11.6 Å². The first-order valence-corrected chi connectivity index (χ1v) is 9.25. The van der Waals surface area contributed by atoms with Gasteiger partial charge in [0.1, 0.15) is 12.1 Å². The molecule has 0 radical (unpaired) electrons. The van der Waals surface area contributed by atoms with Crippen molar-refractivity contribution in [1.82, 2.24) is 24.8 Å². The van der Waals surface area contributed by atoms with E-state index in [2.05, 4.69) is 20.7 Å². The quantitative estimate of drug-likeness (QED) is 0.561. The first kappa shape index (κ1) is 18.2. The molecule has 2 aromatic heterocycles. The molecule has 0 saturated heterocycles. The lowest BCUT2D eigenvalue weighted by molar-refractivity contribution is -0.116. The van der Waals surface area contributed by atoms with Gasteiger partial charge in [0, 0.05) is 5.02 Å². The van der Waals surface area contributed by atoms with Crippen LogP contribution in [0.3, 0.4) is 0 Å². The minimum absolute atomic E-state index is 0.0822. The molecule has 0 saturated carbocycles. The number of aromatic nitrogens is 5. The van der Waals surface area contributed by atoms with E-state index in [0.717, 1.165) is 33.7 Å². The van der Waals surface area contributed by atoms with Gasteiger partial charge >= 0.3 is 0 Å². The molecule has 1 amide bonds. The molecule has 8 heteroatoms. The van der Waals surface area contributed by atoms with Crippen molar-refractivity contribution in [3.8, 4) is 0 Å². The van der Waals surface area contributed by atoms with Gasteiger partial charge in [-0.05, 0) is 43.7 Å². The molecule has 0 unspecified atom stereocenters. The highest BCUT2D eigenvalue weighted by atomic mass is 35.5. The normalized spacial score (nSPS) is 11.1. The van der Waals surface area contributed by atoms with Gasteiger partial charge < -0.3 is 5.32 Å². The molecular formula is C20H19ClN6O. The average molecular weight is 395 g/mol. The van der Waals surface area contributed by atoms with E-state index in [-0.39, 0.29) is 12.5 Å². The van der Waals surface area contributed by atoms with Gasteiger partial charge in [0.05, 0.1) is 29.1 Å². The number of carbonyl (C=O) groups is 1. The summed E-state index contributed by atoms with van der Waals surface area (Å²) in [7, 11) is 0. The zero-order valence-corrected chi connectivity index (χ0v) is 16.3. The van der Waals surface area contributed by atoms with Crippen LogP contribution < -0.4 is 5.32 Å². The van der Waals surface area contributed by atoms with Crippen LogP contribution in [-0.4, -0.2) is 30.7 Å². The Balaban J connectivity index is 1.51. The lowest BCUT2D eigenvalue weighted by Gasteiger charge is -2.08. The lowest BCUT2D eigenvalue weighted by Crippen LogP contribution is -2.20. The number of hydrogen-bond acceptors (Lipinski definition) is 4. The molecule has 2 heterocycles. The van der Waals surface area contributed by atoms with E-state index in [0.29, 0.717) is 11.6 Å². The van der Waals surface area contributed by atoms with Crippen molar-refractivity contribution in [1.29, 1.82) is 0 Å². The number of halogens is 1. The van der Waals surface area contributed by atoms with Gasteiger partial charge in [-0.1, -0.05) is 41.1 Å². The number of para-hydroxylation sites is 1. The zero-order valence-electron chi connectivity index (χ0n) is 15.6. The van der Waals surface area contributed by atoms with Crippen molar-refractivity contribution in [3.63, 3.8) is 0 Å². The van der Waals surface area contributed by atoms with Crippen LogP contribution in [0.4, 0.5) is 5.69 Å². The Bertz CT molecular complexity index is 1160. The van der Waals surface area contributed by atoms with Crippen LogP contribution in [0.1, 0.15) is 17.0 Å². The topological polar surface area (TPSA) is 77.6 Å². The second-order valence-electron chi connectivity index (χ2n) is 6.62. The molecule has 4 aromatic rings. The fraction of sp³-hybridized carbons (Fsp3) is 0.200. The summed E-state index contributed by atoms with van der Waals surface area (Å²) >= 11 is 6.07. The summed E-state index contributed by atoms with van der Waals surface area (Å²) in [6.45, 7) is 4.47. The highest BCUT2D eigenvalue weighted by Gasteiger charge is 2.16. The van der Waals surface area contributed by atoms with Crippen LogP contribution in [-0.2, 0) is 17.9 Å². The number of amides is 1. The first-order valence-electron chi connectivity index (χ1n) is 8.88. The van der Waals surface area contributed by atoms with Crippen LogP contribution >= 0.6 is 11.6 Å². The zero-order chi connectivity index (χ0) is 19.7. The maximum Gasteiger partial charge on any atom is 0.246 e. The minimum atomic E-state index is -0.177. The molecular weight excluding hydrogens is 376 g/mol. The second-order valence-corrected chi connectivity index (χ2v) is 7.05. The van der Waals surface area contributed by atoms with E-state index in [1.165, 1.54) is 0 Å². The van der Waals surface area contributed by atoms with Gasteiger partial charge in [-0.2, -0.15) is 5.10 Å². The molecule has 0 fully saturated rings.